The number of amides is 1. The van der Waals surface area contributed by atoms with E-state index in [0.29, 0.717) is 18.3 Å². The molecule has 0 radical (unpaired) electrons. The van der Waals surface area contributed by atoms with Crippen LogP contribution in [0.3, 0.4) is 0 Å². The number of hydrogen-bond donors (Lipinski definition) is 1. The molecule has 1 amide bonds. The Morgan fingerprint density at radius 1 is 1.07 bits per heavy atom. The number of carbonyl (C=O) groups is 2. The van der Waals surface area contributed by atoms with Crippen LogP contribution in [0.1, 0.15) is 23.0 Å². The minimum atomic E-state index is -0.455. The Morgan fingerprint density at radius 3 is 2.43 bits per heavy atom. The van der Waals surface area contributed by atoms with E-state index in [2.05, 4.69) is 9.97 Å². The predicted octanol–water partition coefficient (Wildman–Crippen LogP) is 3.91. The number of nitrogens with one attached hydrogen (secondary N) is 1. The predicted molar refractivity (Wildman–Crippen MR) is 109 cm³/mol. The number of ether oxygens (including phenoxy) is 1. The number of aromatic amines is 1. The van der Waals surface area contributed by atoms with Crippen LogP contribution in [-0.4, -0.2) is 34.2 Å². The van der Waals surface area contributed by atoms with E-state index in [0.717, 1.165) is 11.3 Å². The Balaban J connectivity index is 1.69. The first kappa shape index (κ1) is 19.7. The first-order valence-electron chi connectivity index (χ1n) is 8.91. The second kappa shape index (κ2) is 9.75. The number of carbonyl (C=O) groups excluding carboxylic acids is 2. The highest BCUT2D eigenvalue weighted by Crippen LogP contribution is 2.21. The van der Waals surface area contributed by atoms with Crippen molar-refractivity contribution in [1.82, 2.24) is 9.97 Å². The number of benzene rings is 2. The summed E-state index contributed by atoms with van der Waals surface area (Å²) in [7, 11) is 0. The first-order chi connectivity index (χ1) is 13.7. The summed E-state index contributed by atoms with van der Waals surface area (Å²) < 4.78 is 4.93. The molecule has 3 rings (SSSR count). The average Bonchev–Trinajstić information content (AvgIpc) is 3.21. The molecule has 0 fully saturated rings. The van der Waals surface area contributed by atoms with E-state index < -0.39 is 5.97 Å². The molecule has 0 atom stereocenters. The normalized spacial score (nSPS) is 10.5. The molecule has 6 nitrogen and oxygen atoms in total. The lowest BCUT2D eigenvalue weighted by molar-refractivity contribution is -0.116. The van der Waals surface area contributed by atoms with Gasteiger partial charge in [0.05, 0.1) is 25.1 Å². The molecule has 0 unspecified atom stereocenters. The molecule has 28 heavy (non-hydrogen) atoms. The number of hydrogen-bond acceptors (Lipinski definition) is 5. The summed E-state index contributed by atoms with van der Waals surface area (Å²) in [5, 5.41) is 0.504. The van der Waals surface area contributed by atoms with Crippen LogP contribution in [0.25, 0.3) is 0 Å². The highest BCUT2D eigenvalue weighted by Gasteiger charge is 2.18. The van der Waals surface area contributed by atoms with Crippen molar-refractivity contribution in [3.05, 3.63) is 78.1 Å². The van der Waals surface area contributed by atoms with Crippen molar-refractivity contribution in [2.45, 2.75) is 18.6 Å². The summed E-state index contributed by atoms with van der Waals surface area (Å²) in [4.78, 5) is 33.4. The maximum absolute atomic E-state index is 12.9. The van der Waals surface area contributed by atoms with Gasteiger partial charge in [-0.2, -0.15) is 0 Å². The Kier molecular flexibility index (Phi) is 6.86. The molecule has 7 heteroatoms. The van der Waals surface area contributed by atoms with E-state index in [1.54, 1.807) is 11.8 Å². The van der Waals surface area contributed by atoms with Gasteiger partial charge in [-0.25, -0.2) is 9.78 Å². The molecule has 144 valence electrons. The third-order valence-corrected chi connectivity index (χ3v) is 4.80. The maximum Gasteiger partial charge on any atom is 0.356 e. The van der Waals surface area contributed by atoms with Crippen molar-refractivity contribution in [3.63, 3.8) is 0 Å². The average molecular weight is 395 g/mol. The molecule has 0 aliphatic carbocycles. The fourth-order valence-electron chi connectivity index (χ4n) is 2.59. The number of H-pyrrole nitrogens is 1. The zero-order valence-electron chi connectivity index (χ0n) is 15.5. The number of rotatable bonds is 8. The number of nitrogens with zero attached hydrogens (tertiary/aromatic N) is 2. The number of para-hydroxylation sites is 1. The lowest BCUT2D eigenvalue weighted by Crippen LogP contribution is -2.31. The Labute approximate surface area is 167 Å². The van der Waals surface area contributed by atoms with Gasteiger partial charge in [0, 0.05) is 5.69 Å². The van der Waals surface area contributed by atoms with Crippen LogP contribution in [0.15, 0.2) is 72.0 Å². The van der Waals surface area contributed by atoms with Gasteiger partial charge in [0.25, 0.3) is 0 Å². The molecule has 3 aromatic rings. The lowest BCUT2D eigenvalue weighted by Gasteiger charge is -2.23. The van der Waals surface area contributed by atoms with Crippen LogP contribution in [0.2, 0.25) is 0 Å². The number of esters is 1. The third kappa shape index (κ3) is 5.23. The largest absolute Gasteiger partial charge is 0.461 e. The molecular formula is C21H21N3O3S. The van der Waals surface area contributed by atoms with Crippen molar-refractivity contribution in [3.8, 4) is 0 Å². The van der Waals surface area contributed by atoms with Gasteiger partial charge in [0.2, 0.25) is 5.91 Å². The molecule has 0 saturated heterocycles. The van der Waals surface area contributed by atoms with Crippen molar-refractivity contribution in [1.29, 1.82) is 0 Å². The summed E-state index contributed by atoms with van der Waals surface area (Å²) in [6, 6.07) is 19.4. The molecule has 0 aliphatic rings. The van der Waals surface area contributed by atoms with Crippen molar-refractivity contribution >= 4 is 29.3 Å². The van der Waals surface area contributed by atoms with E-state index in [1.807, 2.05) is 60.7 Å². The zero-order valence-corrected chi connectivity index (χ0v) is 16.3. The van der Waals surface area contributed by atoms with Crippen LogP contribution < -0.4 is 4.90 Å². The van der Waals surface area contributed by atoms with Crippen LogP contribution >= 0.6 is 11.8 Å². The van der Waals surface area contributed by atoms with Crippen LogP contribution in [-0.2, 0) is 16.1 Å². The Bertz CT molecular complexity index is 913. The molecule has 0 aliphatic heterocycles. The number of thioether (sulfide) groups is 1. The fraction of sp³-hybridized carbons (Fsp3) is 0.190. The van der Waals surface area contributed by atoms with Gasteiger partial charge in [-0.05, 0) is 24.6 Å². The van der Waals surface area contributed by atoms with Crippen molar-refractivity contribution in [2.24, 2.45) is 0 Å². The van der Waals surface area contributed by atoms with Crippen molar-refractivity contribution < 1.29 is 14.3 Å². The molecule has 1 N–H and O–H groups in total. The maximum atomic E-state index is 12.9. The second-order valence-corrected chi connectivity index (χ2v) is 6.88. The number of imidazole rings is 1. The van der Waals surface area contributed by atoms with Gasteiger partial charge >= 0.3 is 5.97 Å². The topological polar surface area (TPSA) is 75.3 Å². The Hall–Kier alpha value is -3.06. The minimum absolute atomic E-state index is 0.0471. The Morgan fingerprint density at radius 2 is 1.75 bits per heavy atom. The van der Waals surface area contributed by atoms with Crippen molar-refractivity contribution in [2.75, 3.05) is 17.3 Å². The van der Waals surface area contributed by atoms with E-state index in [4.69, 9.17) is 4.74 Å². The molecule has 0 bridgehead atoms. The summed E-state index contributed by atoms with van der Waals surface area (Å²) in [6.45, 7) is 2.52. The van der Waals surface area contributed by atoms with E-state index in [-0.39, 0.29) is 17.4 Å². The van der Waals surface area contributed by atoms with Gasteiger partial charge in [-0.1, -0.05) is 60.3 Å². The van der Waals surface area contributed by atoms with Gasteiger partial charge < -0.3 is 14.6 Å². The van der Waals surface area contributed by atoms with Crippen LogP contribution in [0.5, 0.6) is 0 Å². The SMILES string of the molecule is CCOC(=O)c1cnc(SCC(=O)N(Cc2ccccc2)c2ccccc2)[nH]1. The van der Waals surface area contributed by atoms with Gasteiger partial charge in [0.1, 0.15) is 5.69 Å². The fourth-order valence-corrected chi connectivity index (χ4v) is 3.32. The van der Waals surface area contributed by atoms with Crippen LogP contribution in [0, 0.1) is 0 Å². The smallest absolute Gasteiger partial charge is 0.356 e. The summed E-state index contributed by atoms with van der Waals surface area (Å²) >= 11 is 1.25. The van der Waals surface area contributed by atoms with E-state index in [9.17, 15) is 9.59 Å². The lowest BCUT2D eigenvalue weighted by atomic mass is 10.2. The zero-order chi connectivity index (χ0) is 19.8. The summed E-state index contributed by atoms with van der Waals surface area (Å²) in [6.07, 6.45) is 1.42. The molecule has 0 saturated carbocycles. The molecule has 0 spiro atoms. The van der Waals surface area contributed by atoms with Gasteiger partial charge in [0.15, 0.2) is 5.16 Å². The quantitative estimate of drug-likeness (QED) is 0.462. The second-order valence-electron chi connectivity index (χ2n) is 5.91. The number of anilines is 1. The highest BCUT2D eigenvalue weighted by atomic mass is 32.2. The van der Waals surface area contributed by atoms with E-state index in [1.165, 1.54) is 18.0 Å². The molecule has 2 aromatic carbocycles. The standard InChI is InChI=1S/C21H21N3O3S/c1-2-27-20(26)18-13-22-21(23-18)28-15-19(25)24(17-11-7-4-8-12-17)14-16-9-5-3-6-10-16/h3-13H,2,14-15H2,1H3,(H,22,23). The number of aromatic nitrogens is 2. The molecule has 1 aromatic heterocycles. The molecular weight excluding hydrogens is 374 g/mol. The third-order valence-electron chi connectivity index (χ3n) is 3.93. The monoisotopic (exact) mass is 395 g/mol. The van der Waals surface area contributed by atoms with Gasteiger partial charge in [-0.15, -0.1) is 0 Å². The molecule has 1 heterocycles. The van der Waals surface area contributed by atoms with Gasteiger partial charge in [-0.3, -0.25) is 4.79 Å². The first-order valence-corrected chi connectivity index (χ1v) is 9.90. The minimum Gasteiger partial charge on any atom is -0.461 e. The van der Waals surface area contributed by atoms with E-state index >= 15 is 0 Å². The summed E-state index contributed by atoms with van der Waals surface area (Å²) in [5.41, 5.74) is 2.16. The van der Waals surface area contributed by atoms with Crippen LogP contribution in [0.4, 0.5) is 5.69 Å². The highest BCUT2D eigenvalue weighted by molar-refractivity contribution is 7.99. The summed E-state index contributed by atoms with van der Waals surface area (Å²) in [5.74, 6) is -0.311.